The van der Waals surface area contributed by atoms with Gasteiger partial charge in [-0.25, -0.2) is 0 Å². The maximum absolute atomic E-state index is 12.7. The van der Waals surface area contributed by atoms with Crippen LogP contribution in [0.25, 0.3) is 0 Å². The van der Waals surface area contributed by atoms with Crippen LogP contribution in [0.2, 0.25) is 0 Å². The predicted octanol–water partition coefficient (Wildman–Crippen LogP) is 4.43. The molecule has 0 atom stereocenters. The maximum Gasteiger partial charge on any atom is 0.255 e. The Hall–Kier alpha value is -1.81. The molecule has 0 aliphatic carbocycles. The molecule has 0 aromatic heterocycles. The number of hydrogen-bond donors (Lipinski definition) is 1. The van der Waals surface area contributed by atoms with Crippen molar-refractivity contribution in [2.24, 2.45) is 0 Å². The third-order valence-electron chi connectivity index (χ3n) is 3.65. The zero-order valence-corrected chi connectivity index (χ0v) is 14.8. The molecule has 2 rings (SSSR count). The van der Waals surface area contributed by atoms with Crippen molar-refractivity contribution in [2.45, 2.75) is 26.3 Å². The lowest BCUT2D eigenvalue weighted by Gasteiger charge is -2.27. The quantitative estimate of drug-likeness (QED) is 0.874. The van der Waals surface area contributed by atoms with Gasteiger partial charge < -0.3 is 10.1 Å². The number of benzene rings is 2. The molecular formula is C18H20BrNO2. The number of carbonyl (C=O) groups excluding carboxylic acids is 1. The molecule has 0 saturated heterocycles. The molecule has 0 aliphatic rings. The summed E-state index contributed by atoms with van der Waals surface area (Å²) in [5.74, 6) is 0.411. The normalized spacial score (nSPS) is 11.1. The van der Waals surface area contributed by atoms with E-state index in [1.807, 2.05) is 57.2 Å². The van der Waals surface area contributed by atoms with Crippen molar-refractivity contribution in [1.82, 2.24) is 5.32 Å². The highest BCUT2D eigenvalue weighted by Crippen LogP contribution is 2.28. The number of amides is 1. The first kappa shape index (κ1) is 16.6. The molecule has 116 valence electrons. The van der Waals surface area contributed by atoms with Crippen LogP contribution in [0.1, 0.15) is 35.3 Å². The predicted molar refractivity (Wildman–Crippen MR) is 92.4 cm³/mol. The third kappa shape index (κ3) is 3.50. The van der Waals surface area contributed by atoms with E-state index in [2.05, 4.69) is 21.2 Å². The fourth-order valence-corrected chi connectivity index (χ4v) is 2.62. The van der Waals surface area contributed by atoms with Gasteiger partial charge in [-0.15, -0.1) is 0 Å². The maximum atomic E-state index is 12.7. The molecule has 1 amide bonds. The van der Waals surface area contributed by atoms with Crippen molar-refractivity contribution in [1.29, 1.82) is 0 Å². The van der Waals surface area contributed by atoms with Crippen molar-refractivity contribution in [3.05, 3.63) is 63.6 Å². The lowest BCUT2D eigenvalue weighted by molar-refractivity contribution is 0.0909. The largest absolute Gasteiger partial charge is 0.496 e. The van der Waals surface area contributed by atoms with E-state index in [4.69, 9.17) is 4.74 Å². The molecule has 2 aromatic rings. The van der Waals surface area contributed by atoms with E-state index in [1.165, 1.54) is 0 Å². The minimum atomic E-state index is -0.472. The second-order valence-corrected chi connectivity index (χ2v) is 6.60. The second kappa shape index (κ2) is 6.53. The number of aryl methyl sites for hydroxylation is 1. The summed E-state index contributed by atoms with van der Waals surface area (Å²) in [4.78, 5) is 12.7. The molecule has 0 aliphatic heterocycles. The average Bonchev–Trinajstić information content (AvgIpc) is 2.50. The van der Waals surface area contributed by atoms with Crippen LogP contribution in [0.5, 0.6) is 5.75 Å². The van der Waals surface area contributed by atoms with Gasteiger partial charge >= 0.3 is 0 Å². The monoisotopic (exact) mass is 361 g/mol. The minimum absolute atomic E-state index is 0.161. The van der Waals surface area contributed by atoms with Crippen LogP contribution in [-0.2, 0) is 5.54 Å². The number of methoxy groups -OCH3 is 1. The van der Waals surface area contributed by atoms with E-state index in [-0.39, 0.29) is 5.91 Å². The molecule has 0 spiro atoms. The third-order valence-corrected chi connectivity index (χ3v) is 4.50. The Morgan fingerprint density at radius 3 is 2.41 bits per heavy atom. The molecule has 0 unspecified atom stereocenters. The zero-order valence-electron chi connectivity index (χ0n) is 13.2. The summed E-state index contributed by atoms with van der Waals surface area (Å²) in [6.07, 6.45) is 0. The summed E-state index contributed by atoms with van der Waals surface area (Å²) in [6, 6.07) is 13.5. The zero-order chi connectivity index (χ0) is 16.3. The standard InChI is InChI=1S/C18H20BrNO2/c1-12-10-16(22-4)14(11-15(12)19)17(21)20-18(2,3)13-8-6-5-7-9-13/h5-11H,1-4H3,(H,20,21). The summed E-state index contributed by atoms with van der Waals surface area (Å²) >= 11 is 3.47. The van der Waals surface area contributed by atoms with Gasteiger partial charge in [-0.05, 0) is 44.0 Å². The molecular weight excluding hydrogens is 342 g/mol. The van der Waals surface area contributed by atoms with Crippen molar-refractivity contribution < 1.29 is 9.53 Å². The van der Waals surface area contributed by atoms with Crippen molar-refractivity contribution in [3.63, 3.8) is 0 Å². The van der Waals surface area contributed by atoms with Gasteiger partial charge in [-0.3, -0.25) is 4.79 Å². The van der Waals surface area contributed by atoms with Crippen LogP contribution >= 0.6 is 15.9 Å². The Kier molecular flexibility index (Phi) is 4.91. The Morgan fingerprint density at radius 1 is 1.18 bits per heavy atom. The Morgan fingerprint density at radius 2 is 1.82 bits per heavy atom. The van der Waals surface area contributed by atoms with E-state index in [0.717, 1.165) is 15.6 Å². The van der Waals surface area contributed by atoms with Gasteiger partial charge in [0.25, 0.3) is 5.91 Å². The molecule has 0 bridgehead atoms. The summed E-state index contributed by atoms with van der Waals surface area (Å²) in [6.45, 7) is 5.92. The number of hydrogen-bond acceptors (Lipinski definition) is 2. The lowest BCUT2D eigenvalue weighted by atomic mass is 9.94. The molecule has 2 aromatic carbocycles. The molecule has 3 nitrogen and oxygen atoms in total. The van der Waals surface area contributed by atoms with Crippen LogP contribution in [0.4, 0.5) is 0 Å². The van der Waals surface area contributed by atoms with Crippen LogP contribution in [0.3, 0.4) is 0 Å². The molecule has 0 saturated carbocycles. The SMILES string of the molecule is COc1cc(C)c(Br)cc1C(=O)NC(C)(C)c1ccccc1. The van der Waals surface area contributed by atoms with Gasteiger partial charge in [0.1, 0.15) is 5.75 Å². The fraction of sp³-hybridized carbons (Fsp3) is 0.278. The lowest BCUT2D eigenvalue weighted by Crippen LogP contribution is -2.41. The van der Waals surface area contributed by atoms with Crippen LogP contribution < -0.4 is 10.1 Å². The fourth-order valence-electron chi connectivity index (χ4n) is 2.28. The second-order valence-electron chi connectivity index (χ2n) is 5.75. The van der Waals surface area contributed by atoms with Crippen LogP contribution in [0.15, 0.2) is 46.9 Å². The highest BCUT2D eigenvalue weighted by Gasteiger charge is 2.25. The number of halogens is 1. The Bertz CT molecular complexity index is 681. The van der Waals surface area contributed by atoms with Gasteiger partial charge in [0.15, 0.2) is 0 Å². The number of nitrogens with one attached hydrogen (secondary N) is 1. The van der Waals surface area contributed by atoms with Crippen molar-refractivity contribution in [3.8, 4) is 5.75 Å². The summed E-state index contributed by atoms with van der Waals surface area (Å²) in [5, 5.41) is 3.07. The number of ether oxygens (including phenoxy) is 1. The van der Waals surface area contributed by atoms with Gasteiger partial charge in [0.05, 0.1) is 18.2 Å². The minimum Gasteiger partial charge on any atom is -0.496 e. The number of carbonyl (C=O) groups is 1. The molecule has 0 fully saturated rings. The van der Waals surface area contributed by atoms with Crippen LogP contribution in [-0.4, -0.2) is 13.0 Å². The van der Waals surface area contributed by atoms with Gasteiger partial charge in [-0.2, -0.15) is 0 Å². The van der Waals surface area contributed by atoms with Crippen molar-refractivity contribution >= 4 is 21.8 Å². The van der Waals surface area contributed by atoms with Gasteiger partial charge in [-0.1, -0.05) is 46.3 Å². The first-order valence-corrected chi connectivity index (χ1v) is 7.86. The molecule has 0 heterocycles. The van der Waals surface area contributed by atoms with E-state index in [0.29, 0.717) is 11.3 Å². The first-order valence-electron chi connectivity index (χ1n) is 7.07. The Balaban J connectivity index is 2.31. The number of rotatable bonds is 4. The molecule has 22 heavy (non-hydrogen) atoms. The average molecular weight is 362 g/mol. The highest BCUT2D eigenvalue weighted by molar-refractivity contribution is 9.10. The van der Waals surface area contributed by atoms with Gasteiger partial charge in [0, 0.05) is 4.47 Å². The van der Waals surface area contributed by atoms with E-state index >= 15 is 0 Å². The Labute approximate surface area is 139 Å². The smallest absolute Gasteiger partial charge is 0.255 e. The topological polar surface area (TPSA) is 38.3 Å². The summed E-state index contributed by atoms with van der Waals surface area (Å²) in [7, 11) is 1.57. The summed E-state index contributed by atoms with van der Waals surface area (Å²) < 4.78 is 6.23. The van der Waals surface area contributed by atoms with Crippen molar-refractivity contribution in [2.75, 3.05) is 7.11 Å². The summed E-state index contributed by atoms with van der Waals surface area (Å²) in [5.41, 5.74) is 2.12. The van der Waals surface area contributed by atoms with E-state index in [9.17, 15) is 4.79 Å². The highest BCUT2D eigenvalue weighted by atomic mass is 79.9. The first-order chi connectivity index (χ1) is 10.3. The molecule has 4 heteroatoms. The molecule has 1 N–H and O–H groups in total. The van der Waals surface area contributed by atoms with Gasteiger partial charge in [0.2, 0.25) is 0 Å². The van der Waals surface area contributed by atoms with E-state index < -0.39 is 5.54 Å². The van der Waals surface area contributed by atoms with Crippen LogP contribution in [0, 0.1) is 6.92 Å². The van der Waals surface area contributed by atoms with E-state index in [1.54, 1.807) is 13.2 Å². The molecule has 0 radical (unpaired) electrons.